The third kappa shape index (κ3) is 6.64. The molecule has 0 N–H and O–H groups in total. The number of hydrogen-bond donors (Lipinski definition) is 0. The van der Waals surface area contributed by atoms with Crippen molar-refractivity contribution in [3.63, 3.8) is 0 Å². The van der Waals surface area contributed by atoms with Crippen LogP contribution >= 0.6 is 0 Å². The molecule has 0 saturated heterocycles. The van der Waals surface area contributed by atoms with Crippen LogP contribution in [0.2, 0.25) is 0 Å². The molecule has 0 unspecified atom stereocenters. The van der Waals surface area contributed by atoms with Crippen LogP contribution in [0.5, 0.6) is 0 Å². The zero-order valence-corrected chi connectivity index (χ0v) is 22.7. The molecule has 0 spiro atoms. The van der Waals surface area contributed by atoms with E-state index in [0.717, 1.165) is 16.8 Å². The molecule has 2 aromatic heterocycles. The van der Waals surface area contributed by atoms with Gasteiger partial charge in [0, 0.05) is 38.6 Å². The molecule has 6 heteroatoms. The number of nitrogens with zero attached hydrogens (tertiary/aromatic N) is 5. The van der Waals surface area contributed by atoms with Crippen molar-refractivity contribution in [1.82, 2.24) is 9.97 Å². The maximum Gasteiger partial charge on any atom is 0.124 e. The third-order valence-corrected chi connectivity index (χ3v) is 5.43. The van der Waals surface area contributed by atoms with E-state index in [9.17, 15) is 0 Å². The summed E-state index contributed by atoms with van der Waals surface area (Å²) in [6.45, 7) is 8.99. The molecule has 0 atom stereocenters. The normalized spacial score (nSPS) is 9.42. The maximum atomic E-state index is 9.05. The fraction of sp³-hybridized carbons (Fsp3) is 0.0312. The first-order valence-corrected chi connectivity index (χ1v) is 11.3. The smallest absolute Gasteiger partial charge is 0.124 e. The van der Waals surface area contributed by atoms with E-state index in [1.807, 2.05) is 79.9 Å². The van der Waals surface area contributed by atoms with E-state index in [1.54, 1.807) is 12.3 Å². The summed E-state index contributed by atoms with van der Waals surface area (Å²) in [5, 5.41) is 18.0. The Morgan fingerprint density at radius 2 is 1.61 bits per heavy atom. The van der Waals surface area contributed by atoms with Gasteiger partial charge in [-0.15, -0.1) is 53.6 Å². The summed E-state index contributed by atoms with van der Waals surface area (Å²) in [6.07, 6.45) is 3.55. The van der Waals surface area contributed by atoms with Crippen LogP contribution in [0.25, 0.3) is 38.5 Å². The molecule has 38 heavy (non-hydrogen) atoms. The monoisotopic (exact) mass is 666 g/mol. The van der Waals surface area contributed by atoms with E-state index >= 15 is 0 Å². The van der Waals surface area contributed by atoms with Gasteiger partial charge in [0.1, 0.15) is 5.69 Å². The molecular weight excluding hydrogens is 647 g/mol. The number of hydrogen-bond acceptors (Lipinski definition) is 4. The standard InChI is InChI=1S/C17H12N.C15H7N4.Ir/c1-3-7-14(8-4-1)16-11-12-18-17(13-16)15-9-5-2-6-10-15;1-10-3-4-14(19-9-10)11-5-12(7-16)13(8-17)15(6-11)18-2;/h1-9,11-13H;3-5,9H,1H3;/q2*-1;. The molecule has 183 valence electrons. The number of pyridine rings is 2. The number of nitriles is 2. The van der Waals surface area contributed by atoms with Gasteiger partial charge in [-0.1, -0.05) is 48.5 Å². The van der Waals surface area contributed by atoms with Gasteiger partial charge in [-0.05, 0) is 52.2 Å². The second kappa shape index (κ2) is 13.4. The first kappa shape index (κ1) is 27.7. The van der Waals surface area contributed by atoms with Gasteiger partial charge < -0.3 is 9.97 Å². The van der Waals surface area contributed by atoms with Crippen LogP contribution < -0.4 is 0 Å². The quantitative estimate of drug-likeness (QED) is 0.189. The molecule has 0 amide bonds. The Morgan fingerprint density at radius 3 is 2.24 bits per heavy atom. The molecule has 0 aliphatic rings. The topological polar surface area (TPSA) is 77.7 Å². The molecule has 2 heterocycles. The summed E-state index contributed by atoms with van der Waals surface area (Å²) in [5.74, 6) is 0. The van der Waals surface area contributed by atoms with E-state index in [4.69, 9.17) is 17.1 Å². The average Bonchev–Trinajstić information content (AvgIpc) is 2.98. The van der Waals surface area contributed by atoms with Crippen molar-refractivity contribution in [2.75, 3.05) is 0 Å². The molecule has 5 rings (SSSR count). The van der Waals surface area contributed by atoms with Crippen molar-refractivity contribution in [2.45, 2.75) is 6.92 Å². The van der Waals surface area contributed by atoms with Gasteiger partial charge >= 0.3 is 0 Å². The largest absolute Gasteiger partial charge is 0.305 e. The third-order valence-electron chi connectivity index (χ3n) is 5.43. The van der Waals surface area contributed by atoms with Gasteiger partial charge in [-0.2, -0.15) is 5.26 Å². The van der Waals surface area contributed by atoms with E-state index in [2.05, 4.69) is 45.1 Å². The molecule has 0 aliphatic heterocycles. The van der Waals surface area contributed by atoms with Crippen LogP contribution in [-0.2, 0) is 20.1 Å². The molecule has 0 aliphatic carbocycles. The molecule has 5 aromatic rings. The minimum atomic E-state index is 0. The Hall–Kier alpha value is -4.92. The predicted molar refractivity (Wildman–Crippen MR) is 143 cm³/mol. The Bertz CT molecular complexity index is 1550. The molecule has 1 radical (unpaired) electrons. The van der Waals surface area contributed by atoms with Gasteiger partial charge in [-0.3, -0.25) is 4.85 Å². The zero-order chi connectivity index (χ0) is 26.0. The molecule has 5 nitrogen and oxygen atoms in total. The van der Waals surface area contributed by atoms with Crippen molar-refractivity contribution >= 4 is 5.69 Å². The molecule has 0 saturated carbocycles. The van der Waals surface area contributed by atoms with Gasteiger partial charge in [0.05, 0.1) is 12.6 Å². The van der Waals surface area contributed by atoms with Gasteiger partial charge in [0.15, 0.2) is 0 Å². The minimum Gasteiger partial charge on any atom is -0.305 e. The Kier molecular flexibility index (Phi) is 9.76. The van der Waals surface area contributed by atoms with Gasteiger partial charge in [0.2, 0.25) is 0 Å². The summed E-state index contributed by atoms with van der Waals surface area (Å²) < 4.78 is 0. The van der Waals surface area contributed by atoms with Crippen molar-refractivity contribution < 1.29 is 20.1 Å². The Labute approximate surface area is 235 Å². The fourth-order valence-electron chi connectivity index (χ4n) is 3.56. The van der Waals surface area contributed by atoms with Crippen LogP contribution in [0.4, 0.5) is 5.69 Å². The minimum absolute atomic E-state index is 0. The fourth-order valence-corrected chi connectivity index (χ4v) is 3.56. The zero-order valence-electron chi connectivity index (χ0n) is 20.3. The summed E-state index contributed by atoms with van der Waals surface area (Å²) in [6, 6.07) is 37.4. The second-order valence-corrected chi connectivity index (χ2v) is 7.95. The van der Waals surface area contributed by atoms with Crippen molar-refractivity contribution in [2.24, 2.45) is 0 Å². The van der Waals surface area contributed by atoms with E-state index in [1.165, 1.54) is 17.2 Å². The van der Waals surface area contributed by atoms with Gasteiger partial charge in [-0.25, -0.2) is 5.26 Å². The number of aryl methyl sites for hydroxylation is 1. The number of rotatable bonds is 3. The Morgan fingerprint density at radius 1 is 0.816 bits per heavy atom. The second-order valence-electron chi connectivity index (χ2n) is 7.95. The van der Waals surface area contributed by atoms with E-state index in [0.29, 0.717) is 11.3 Å². The van der Waals surface area contributed by atoms with Crippen molar-refractivity contribution in [3.8, 4) is 45.8 Å². The van der Waals surface area contributed by atoms with Crippen LogP contribution in [0.1, 0.15) is 16.7 Å². The summed E-state index contributed by atoms with van der Waals surface area (Å²) in [4.78, 5) is 11.9. The Balaban J connectivity index is 0.000000205. The number of aromatic nitrogens is 2. The van der Waals surface area contributed by atoms with Gasteiger partial charge in [0.25, 0.3) is 0 Å². The first-order valence-electron chi connectivity index (χ1n) is 11.3. The first-order chi connectivity index (χ1) is 18.1. The van der Waals surface area contributed by atoms with E-state index < -0.39 is 0 Å². The SMILES string of the molecule is [C-]#[N+]c1[c-]c(-c2ccc(C)cn2)cc(C#N)c1C#N.[Ir].[c-]1ccccc1-c1cc(-c2ccccc2)ccn1. The number of benzene rings is 3. The maximum absolute atomic E-state index is 9.05. The van der Waals surface area contributed by atoms with Crippen LogP contribution in [0.3, 0.4) is 0 Å². The average molecular weight is 666 g/mol. The summed E-state index contributed by atoms with van der Waals surface area (Å²) >= 11 is 0. The van der Waals surface area contributed by atoms with Crippen LogP contribution in [0.15, 0.2) is 97.3 Å². The summed E-state index contributed by atoms with van der Waals surface area (Å²) in [5.41, 5.74) is 6.83. The molecule has 0 bridgehead atoms. The van der Waals surface area contributed by atoms with Crippen molar-refractivity contribution in [1.29, 1.82) is 10.5 Å². The van der Waals surface area contributed by atoms with E-state index in [-0.39, 0.29) is 36.9 Å². The molecule has 3 aromatic carbocycles. The molecule has 0 fully saturated rings. The van der Waals surface area contributed by atoms with Crippen LogP contribution in [-0.4, -0.2) is 9.97 Å². The summed E-state index contributed by atoms with van der Waals surface area (Å²) in [7, 11) is 0. The van der Waals surface area contributed by atoms with Crippen molar-refractivity contribution in [3.05, 3.63) is 138 Å². The van der Waals surface area contributed by atoms with Crippen LogP contribution in [0, 0.1) is 48.3 Å². The molecular formula is C32H19IrN5-2. The predicted octanol–water partition coefficient (Wildman–Crippen LogP) is 7.36.